The maximum Gasteiger partial charge on any atom is 0.220 e. The van der Waals surface area contributed by atoms with Gasteiger partial charge in [0.25, 0.3) is 0 Å². The molecule has 9 N–H and O–H groups in total. The number of carbonyl (C=O) groups excluding carboxylic acids is 1. The second-order valence-electron chi connectivity index (χ2n) is 25.7. The van der Waals surface area contributed by atoms with Crippen LogP contribution in [0.5, 0.6) is 0 Å². The molecular weight excluding hydrogens is 1100 g/mol. The fourth-order valence-corrected chi connectivity index (χ4v) is 11.9. The highest BCUT2D eigenvalue weighted by Crippen LogP contribution is 2.30. The Hall–Kier alpha value is -2.05. The van der Waals surface area contributed by atoms with Crippen LogP contribution < -0.4 is 5.32 Å². The molecule has 2 rings (SSSR count). The highest BCUT2D eigenvalue weighted by Gasteiger charge is 2.51. The number of carbonyl (C=O) groups is 1. The minimum absolute atomic E-state index is 0.248. The molecule has 87 heavy (non-hydrogen) atoms. The molecule has 12 atom stereocenters. The van der Waals surface area contributed by atoms with Crippen molar-refractivity contribution in [3.63, 3.8) is 0 Å². The van der Waals surface area contributed by atoms with Crippen molar-refractivity contribution in [3.05, 3.63) is 48.6 Å². The number of unbranched alkanes of at least 4 members (excludes halogenated alkanes) is 41. The molecule has 14 nitrogen and oxygen atoms in total. The van der Waals surface area contributed by atoms with Gasteiger partial charge in [-0.15, -0.1) is 0 Å². The summed E-state index contributed by atoms with van der Waals surface area (Å²) in [5.74, 6) is -0.248. The summed E-state index contributed by atoms with van der Waals surface area (Å²) in [6.45, 7) is 2.81. The Morgan fingerprint density at radius 3 is 1.20 bits per heavy atom. The lowest BCUT2D eigenvalue weighted by molar-refractivity contribution is -0.359. The topological polar surface area (TPSA) is 228 Å². The molecule has 0 aliphatic carbocycles. The number of hydrogen-bond donors (Lipinski definition) is 9. The van der Waals surface area contributed by atoms with Crippen molar-refractivity contribution >= 4 is 5.91 Å². The molecule has 1 amide bonds. The molecule has 0 aromatic heterocycles. The van der Waals surface area contributed by atoms with Crippen LogP contribution in [0.25, 0.3) is 0 Å². The van der Waals surface area contributed by atoms with E-state index in [9.17, 15) is 45.6 Å². The number of aliphatic hydroxyl groups excluding tert-OH is 8. The molecule has 14 heteroatoms. The van der Waals surface area contributed by atoms with Crippen LogP contribution in [0.1, 0.15) is 316 Å². The number of allylic oxidation sites excluding steroid dienone is 7. The Kier molecular flexibility index (Phi) is 53.9. The third-order valence-electron chi connectivity index (χ3n) is 17.7. The Labute approximate surface area is 531 Å². The maximum absolute atomic E-state index is 13.3. The van der Waals surface area contributed by atoms with E-state index in [1.165, 1.54) is 244 Å². The number of aliphatic hydroxyl groups is 8. The predicted octanol–water partition coefficient (Wildman–Crippen LogP) is 15.1. The van der Waals surface area contributed by atoms with Gasteiger partial charge >= 0.3 is 0 Å². The predicted molar refractivity (Wildman–Crippen MR) is 355 cm³/mol. The summed E-state index contributed by atoms with van der Waals surface area (Å²) in [5.41, 5.74) is 0. The van der Waals surface area contributed by atoms with Crippen molar-refractivity contribution in [2.75, 3.05) is 19.8 Å². The Morgan fingerprint density at radius 2 is 0.770 bits per heavy atom. The van der Waals surface area contributed by atoms with Gasteiger partial charge < -0.3 is 65.1 Å². The van der Waals surface area contributed by atoms with Crippen LogP contribution >= 0.6 is 0 Å². The molecule has 2 fully saturated rings. The molecule has 0 saturated carbocycles. The van der Waals surface area contributed by atoms with Crippen LogP contribution in [0.3, 0.4) is 0 Å². The summed E-state index contributed by atoms with van der Waals surface area (Å²) < 4.78 is 22.9. The first-order valence-corrected chi connectivity index (χ1v) is 36.4. The first-order chi connectivity index (χ1) is 42.6. The average Bonchev–Trinajstić information content (AvgIpc) is 2.33. The van der Waals surface area contributed by atoms with Crippen LogP contribution in [-0.4, -0.2) is 140 Å². The maximum atomic E-state index is 13.3. The van der Waals surface area contributed by atoms with Gasteiger partial charge in [0.15, 0.2) is 12.6 Å². The van der Waals surface area contributed by atoms with Gasteiger partial charge in [0.2, 0.25) is 5.91 Å². The van der Waals surface area contributed by atoms with Gasteiger partial charge in [0.1, 0.15) is 48.8 Å². The van der Waals surface area contributed by atoms with Gasteiger partial charge in [-0.1, -0.05) is 294 Å². The molecule has 0 spiro atoms. The molecule has 2 heterocycles. The molecule has 12 unspecified atom stereocenters. The minimum Gasteiger partial charge on any atom is -0.394 e. The fourth-order valence-electron chi connectivity index (χ4n) is 11.9. The Balaban J connectivity index is 1.68. The van der Waals surface area contributed by atoms with E-state index >= 15 is 0 Å². The normalized spacial score (nSPS) is 23.5. The molecule has 2 saturated heterocycles. The van der Waals surface area contributed by atoms with E-state index in [2.05, 4.69) is 55.6 Å². The zero-order valence-corrected chi connectivity index (χ0v) is 55.5. The lowest BCUT2D eigenvalue weighted by atomic mass is 9.97. The van der Waals surface area contributed by atoms with Crippen molar-refractivity contribution in [3.8, 4) is 0 Å². The summed E-state index contributed by atoms with van der Waals surface area (Å²) in [5, 5.41) is 87.5. The summed E-state index contributed by atoms with van der Waals surface area (Å²) in [6, 6.07) is -0.935. The molecule has 0 bridgehead atoms. The third-order valence-corrected chi connectivity index (χ3v) is 17.7. The number of ether oxygens (including phenoxy) is 4. The van der Waals surface area contributed by atoms with Crippen LogP contribution in [-0.2, 0) is 23.7 Å². The van der Waals surface area contributed by atoms with Crippen LogP contribution in [0.2, 0.25) is 0 Å². The quantitative estimate of drug-likeness (QED) is 0.0204. The first-order valence-electron chi connectivity index (χ1n) is 36.4. The van der Waals surface area contributed by atoms with E-state index < -0.39 is 86.8 Å². The van der Waals surface area contributed by atoms with Crippen LogP contribution in [0.4, 0.5) is 0 Å². The van der Waals surface area contributed by atoms with Gasteiger partial charge in [-0.2, -0.15) is 0 Å². The number of rotatable bonds is 60. The smallest absolute Gasteiger partial charge is 0.220 e. The number of nitrogens with one attached hydrogen (secondary N) is 1. The van der Waals surface area contributed by atoms with Gasteiger partial charge in [-0.05, 0) is 64.2 Å². The second-order valence-corrected chi connectivity index (χ2v) is 25.7. The minimum atomic E-state index is -1.79. The summed E-state index contributed by atoms with van der Waals surface area (Å²) in [4.78, 5) is 13.3. The standard InChI is InChI=1S/C73H135NO13/c1-3-5-7-9-11-13-15-17-19-21-23-25-27-28-29-30-31-32-33-35-36-38-40-42-44-46-48-50-52-54-56-62(77)61(60-84-72-70(83)68(81)71(64(59-76)86-72)87-73-69(82)67(80)66(79)63(58-75)85-73)74-65(78)57-55-53-51-49-47-45-43-41-39-37-34-26-24-22-20-18-16-14-12-10-8-6-4-2/h16,18,22,24,46,48,54,56,61-64,66-73,75-77,79-83H,3-15,17,19-21,23,25-45,47,49-53,55,57-60H2,1-2H3,(H,74,78)/b18-16-,24-22-,48-46+,56-54+. The summed E-state index contributed by atoms with van der Waals surface area (Å²) in [6.07, 6.45) is 58.9. The molecule has 2 aliphatic rings. The third kappa shape index (κ3) is 41.9. The highest BCUT2D eigenvalue weighted by molar-refractivity contribution is 5.76. The molecule has 2 aliphatic heterocycles. The molecule has 0 aromatic rings. The van der Waals surface area contributed by atoms with Crippen molar-refractivity contribution in [2.45, 2.75) is 389 Å². The Bertz CT molecular complexity index is 1640. The lowest BCUT2D eigenvalue weighted by Gasteiger charge is -2.46. The molecule has 510 valence electrons. The second kappa shape index (κ2) is 57.8. The van der Waals surface area contributed by atoms with Crippen molar-refractivity contribution < 1.29 is 64.6 Å². The molecular formula is C73H135NO13. The van der Waals surface area contributed by atoms with Crippen LogP contribution in [0, 0.1) is 0 Å². The van der Waals surface area contributed by atoms with E-state index in [-0.39, 0.29) is 18.9 Å². The van der Waals surface area contributed by atoms with E-state index in [0.717, 1.165) is 38.5 Å². The van der Waals surface area contributed by atoms with E-state index in [1.54, 1.807) is 6.08 Å². The van der Waals surface area contributed by atoms with Crippen molar-refractivity contribution in [1.29, 1.82) is 0 Å². The Morgan fingerprint density at radius 1 is 0.414 bits per heavy atom. The number of hydrogen-bond acceptors (Lipinski definition) is 13. The summed E-state index contributed by atoms with van der Waals surface area (Å²) >= 11 is 0. The molecule has 0 radical (unpaired) electrons. The van der Waals surface area contributed by atoms with Crippen molar-refractivity contribution in [1.82, 2.24) is 5.32 Å². The van der Waals surface area contributed by atoms with Gasteiger partial charge in [-0.25, -0.2) is 0 Å². The zero-order valence-electron chi connectivity index (χ0n) is 55.5. The van der Waals surface area contributed by atoms with Gasteiger partial charge in [0.05, 0.1) is 32.0 Å². The molecule has 0 aromatic carbocycles. The SMILES string of the molecule is CCCCCCC/C=C\C/C=C\CCCCCCCCCCCCCC(=O)NC(COC1OC(CO)C(OC2OC(CO)C(O)C(O)C2O)C(O)C1O)C(O)/C=C/CC/C=C/CCCCCCCCCCCCCCCCCCCCCCCCCC. The van der Waals surface area contributed by atoms with Crippen LogP contribution in [0.15, 0.2) is 48.6 Å². The highest BCUT2D eigenvalue weighted by atomic mass is 16.7. The zero-order chi connectivity index (χ0) is 63.1. The lowest BCUT2D eigenvalue weighted by Crippen LogP contribution is -2.65. The summed E-state index contributed by atoms with van der Waals surface area (Å²) in [7, 11) is 0. The first kappa shape index (κ1) is 81.0. The van der Waals surface area contributed by atoms with E-state index in [1.807, 2.05) is 6.08 Å². The van der Waals surface area contributed by atoms with Gasteiger partial charge in [-0.3, -0.25) is 4.79 Å². The average molecular weight is 1230 g/mol. The van der Waals surface area contributed by atoms with E-state index in [4.69, 9.17) is 18.9 Å². The monoisotopic (exact) mass is 1230 g/mol. The number of amides is 1. The fraction of sp³-hybridized carbons (Fsp3) is 0.877. The van der Waals surface area contributed by atoms with Crippen molar-refractivity contribution in [2.24, 2.45) is 0 Å². The van der Waals surface area contributed by atoms with E-state index in [0.29, 0.717) is 12.8 Å². The van der Waals surface area contributed by atoms with Gasteiger partial charge in [0, 0.05) is 6.42 Å². The largest absolute Gasteiger partial charge is 0.394 e.